The molecular formula is C11H12N2O2. The van der Waals surface area contributed by atoms with Crippen molar-refractivity contribution in [3.63, 3.8) is 0 Å². The zero-order valence-corrected chi connectivity index (χ0v) is 8.65. The average molecular weight is 204 g/mol. The lowest BCUT2D eigenvalue weighted by Crippen LogP contribution is -2.31. The highest BCUT2D eigenvalue weighted by molar-refractivity contribution is 5.77. The van der Waals surface area contributed by atoms with Crippen molar-refractivity contribution in [2.75, 3.05) is 0 Å². The molecule has 4 nitrogen and oxygen atoms in total. The fraction of sp³-hybridized carbons (Fsp3) is 0.273. The summed E-state index contributed by atoms with van der Waals surface area (Å²) >= 11 is 0. The predicted molar refractivity (Wildman–Crippen MR) is 59.2 cm³/mol. The Morgan fingerprint density at radius 3 is 2.53 bits per heavy atom. The Morgan fingerprint density at radius 2 is 1.87 bits per heavy atom. The Bertz CT molecular complexity index is 608. The van der Waals surface area contributed by atoms with Crippen LogP contribution in [0.25, 0.3) is 10.9 Å². The van der Waals surface area contributed by atoms with E-state index in [1.165, 1.54) is 0 Å². The van der Waals surface area contributed by atoms with Gasteiger partial charge in [0.1, 0.15) is 0 Å². The van der Waals surface area contributed by atoms with Crippen molar-refractivity contribution in [1.82, 2.24) is 9.55 Å². The van der Waals surface area contributed by atoms with Crippen LogP contribution in [0.4, 0.5) is 0 Å². The van der Waals surface area contributed by atoms with Gasteiger partial charge < -0.3 is 0 Å². The van der Waals surface area contributed by atoms with Gasteiger partial charge in [0.15, 0.2) is 0 Å². The number of hydrogen-bond acceptors (Lipinski definition) is 2. The Kier molecular flexibility index (Phi) is 2.19. The first kappa shape index (κ1) is 9.71. The van der Waals surface area contributed by atoms with E-state index in [2.05, 4.69) is 4.98 Å². The van der Waals surface area contributed by atoms with Gasteiger partial charge in [-0.15, -0.1) is 0 Å². The van der Waals surface area contributed by atoms with E-state index in [9.17, 15) is 9.59 Å². The molecule has 1 aromatic carbocycles. The monoisotopic (exact) mass is 204 g/mol. The van der Waals surface area contributed by atoms with Crippen molar-refractivity contribution in [1.29, 1.82) is 0 Å². The molecule has 0 saturated carbocycles. The zero-order valence-electron chi connectivity index (χ0n) is 8.65. The number of nitrogens with one attached hydrogen (secondary N) is 1. The maximum absolute atomic E-state index is 11.6. The maximum atomic E-state index is 11.6. The summed E-state index contributed by atoms with van der Waals surface area (Å²) in [6, 6.07) is 7.13. The van der Waals surface area contributed by atoms with E-state index in [4.69, 9.17) is 0 Å². The van der Waals surface area contributed by atoms with Crippen LogP contribution in [0.1, 0.15) is 19.9 Å². The lowest BCUT2D eigenvalue weighted by atomic mass is 10.2. The standard InChI is InChI=1S/C11H12N2O2/c1-7(2)13-9-6-4-3-5-8(9)10(14)12-11(13)15/h3-7H,1-2H3,(H,12,14,15). The molecule has 0 aliphatic carbocycles. The van der Waals surface area contributed by atoms with Crippen LogP contribution in [0.5, 0.6) is 0 Å². The number of fused-ring (bicyclic) bond motifs is 1. The fourth-order valence-corrected chi connectivity index (χ4v) is 1.72. The molecule has 1 N–H and O–H groups in total. The van der Waals surface area contributed by atoms with Crippen molar-refractivity contribution in [3.8, 4) is 0 Å². The van der Waals surface area contributed by atoms with Gasteiger partial charge in [-0.2, -0.15) is 0 Å². The van der Waals surface area contributed by atoms with Crippen LogP contribution in [0.2, 0.25) is 0 Å². The minimum atomic E-state index is -0.353. The number of hydrogen-bond donors (Lipinski definition) is 1. The van der Waals surface area contributed by atoms with Crippen LogP contribution in [-0.4, -0.2) is 9.55 Å². The number of nitrogens with zero attached hydrogens (tertiary/aromatic N) is 1. The van der Waals surface area contributed by atoms with Crippen molar-refractivity contribution in [2.24, 2.45) is 0 Å². The highest BCUT2D eigenvalue weighted by Crippen LogP contribution is 2.10. The van der Waals surface area contributed by atoms with Crippen LogP contribution < -0.4 is 11.2 Å². The van der Waals surface area contributed by atoms with Crippen LogP contribution >= 0.6 is 0 Å². The molecule has 0 atom stereocenters. The Hall–Kier alpha value is -1.84. The summed E-state index contributed by atoms with van der Waals surface area (Å²) in [6.45, 7) is 3.82. The molecule has 0 saturated heterocycles. The molecule has 0 radical (unpaired) electrons. The van der Waals surface area contributed by atoms with Crippen LogP contribution in [-0.2, 0) is 0 Å². The van der Waals surface area contributed by atoms with Gasteiger partial charge in [-0.25, -0.2) is 4.79 Å². The summed E-state index contributed by atoms with van der Waals surface area (Å²) < 4.78 is 1.58. The SMILES string of the molecule is CC(C)n1c(=O)[nH]c(=O)c2ccccc21. The Morgan fingerprint density at radius 1 is 1.20 bits per heavy atom. The molecule has 2 rings (SSSR count). The van der Waals surface area contributed by atoms with Crippen molar-refractivity contribution >= 4 is 10.9 Å². The molecule has 0 aliphatic rings. The summed E-state index contributed by atoms with van der Waals surface area (Å²) in [5.41, 5.74) is 0.00227. The first-order valence-electron chi connectivity index (χ1n) is 4.85. The fourth-order valence-electron chi connectivity index (χ4n) is 1.72. The molecule has 0 aliphatic heterocycles. The van der Waals surface area contributed by atoms with E-state index < -0.39 is 0 Å². The summed E-state index contributed by atoms with van der Waals surface area (Å²) in [6.07, 6.45) is 0. The van der Waals surface area contributed by atoms with Gasteiger partial charge in [-0.05, 0) is 26.0 Å². The van der Waals surface area contributed by atoms with Gasteiger partial charge in [0.05, 0.1) is 10.9 Å². The highest BCUT2D eigenvalue weighted by Gasteiger charge is 2.08. The summed E-state index contributed by atoms with van der Waals surface area (Å²) in [5, 5.41) is 0.547. The zero-order chi connectivity index (χ0) is 11.0. The second kappa shape index (κ2) is 3.38. The number of benzene rings is 1. The lowest BCUT2D eigenvalue weighted by molar-refractivity contribution is 0.584. The van der Waals surface area contributed by atoms with Crippen molar-refractivity contribution in [3.05, 3.63) is 45.1 Å². The smallest absolute Gasteiger partial charge is 0.291 e. The van der Waals surface area contributed by atoms with Gasteiger partial charge in [-0.1, -0.05) is 12.1 Å². The lowest BCUT2D eigenvalue weighted by Gasteiger charge is -2.12. The summed E-state index contributed by atoms with van der Waals surface area (Å²) in [5.74, 6) is 0. The summed E-state index contributed by atoms with van der Waals surface area (Å²) in [4.78, 5) is 25.4. The second-order valence-electron chi connectivity index (χ2n) is 3.74. The van der Waals surface area contributed by atoms with E-state index in [0.29, 0.717) is 10.9 Å². The topological polar surface area (TPSA) is 54.9 Å². The predicted octanol–water partition coefficient (Wildman–Crippen LogP) is 1.27. The second-order valence-corrected chi connectivity index (χ2v) is 3.74. The number of para-hydroxylation sites is 1. The largest absolute Gasteiger partial charge is 0.329 e. The summed E-state index contributed by atoms with van der Waals surface area (Å²) in [7, 11) is 0. The van der Waals surface area contributed by atoms with E-state index in [0.717, 1.165) is 0 Å². The van der Waals surface area contributed by atoms with E-state index in [1.54, 1.807) is 22.8 Å². The van der Waals surface area contributed by atoms with E-state index in [1.807, 2.05) is 19.9 Å². The average Bonchev–Trinajstić information content (AvgIpc) is 2.17. The first-order valence-corrected chi connectivity index (χ1v) is 4.85. The molecule has 2 aromatic rings. The molecule has 15 heavy (non-hydrogen) atoms. The molecule has 1 heterocycles. The third-order valence-electron chi connectivity index (χ3n) is 2.36. The van der Waals surface area contributed by atoms with Gasteiger partial charge in [0, 0.05) is 6.04 Å². The van der Waals surface area contributed by atoms with Gasteiger partial charge in [-0.3, -0.25) is 14.3 Å². The molecule has 1 aromatic heterocycles. The number of H-pyrrole nitrogens is 1. The molecule has 0 amide bonds. The van der Waals surface area contributed by atoms with Gasteiger partial charge in [0.2, 0.25) is 0 Å². The minimum Gasteiger partial charge on any atom is -0.291 e. The van der Waals surface area contributed by atoms with Crippen LogP contribution in [0, 0.1) is 0 Å². The maximum Gasteiger partial charge on any atom is 0.329 e. The van der Waals surface area contributed by atoms with Crippen LogP contribution in [0.15, 0.2) is 33.9 Å². The van der Waals surface area contributed by atoms with Crippen LogP contribution in [0.3, 0.4) is 0 Å². The normalized spacial score (nSPS) is 11.1. The first-order chi connectivity index (χ1) is 7.11. The van der Waals surface area contributed by atoms with E-state index >= 15 is 0 Å². The number of aromatic amines is 1. The molecule has 78 valence electrons. The third kappa shape index (κ3) is 1.48. The van der Waals surface area contributed by atoms with Gasteiger partial charge >= 0.3 is 5.69 Å². The molecule has 0 unspecified atom stereocenters. The molecule has 4 heteroatoms. The number of rotatable bonds is 1. The molecular weight excluding hydrogens is 192 g/mol. The third-order valence-corrected chi connectivity index (χ3v) is 2.36. The Labute approximate surface area is 86.2 Å². The quantitative estimate of drug-likeness (QED) is 0.760. The Balaban J connectivity index is 3.03. The molecule has 0 fully saturated rings. The number of aromatic nitrogens is 2. The molecule has 0 spiro atoms. The van der Waals surface area contributed by atoms with Crippen molar-refractivity contribution in [2.45, 2.75) is 19.9 Å². The van der Waals surface area contributed by atoms with E-state index in [-0.39, 0.29) is 17.3 Å². The minimum absolute atomic E-state index is 0.0271. The van der Waals surface area contributed by atoms with Gasteiger partial charge in [0.25, 0.3) is 5.56 Å². The highest BCUT2D eigenvalue weighted by atomic mass is 16.2. The molecule has 0 bridgehead atoms. The van der Waals surface area contributed by atoms with Crippen molar-refractivity contribution < 1.29 is 0 Å².